The Morgan fingerprint density at radius 3 is 2.75 bits per heavy atom. The second-order valence-corrected chi connectivity index (χ2v) is 3.25. The number of nitrogens with one attached hydrogen (secondary N) is 1. The molecule has 0 saturated heterocycles. The lowest BCUT2D eigenvalue weighted by atomic mass is 10.1. The minimum absolute atomic E-state index is 0.224. The maximum Gasteiger partial charge on any atom is 0.240 e. The van der Waals surface area contributed by atoms with Gasteiger partial charge in [0.25, 0.3) is 0 Å². The number of nitriles is 1. The number of hydrogen-bond donors (Lipinski definition) is 2. The van der Waals surface area contributed by atoms with Crippen molar-refractivity contribution >= 4 is 5.91 Å². The maximum atomic E-state index is 11.2. The fraction of sp³-hybridized carbons (Fsp3) is 0.750. The van der Waals surface area contributed by atoms with E-state index in [-0.39, 0.29) is 12.5 Å². The molecule has 4 nitrogen and oxygen atoms in total. The molecule has 1 saturated carbocycles. The molecule has 0 aromatic carbocycles. The van der Waals surface area contributed by atoms with Crippen molar-refractivity contribution in [3.05, 3.63) is 0 Å². The highest BCUT2D eigenvalue weighted by Gasteiger charge is 2.50. The van der Waals surface area contributed by atoms with Crippen molar-refractivity contribution < 1.29 is 9.90 Å². The van der Waals surface area contributed by atoms with Crippen molar-refractivity contribution in [2.45, 2.75) is 25.9 Å². The van der Waals surface area contributed by atoms with Crippen LogP contribution in [0.25, 0.3) is 0 Å². The Kier molecular flexibility index (Phi) is 2.34. The summed E-state index contributed by atoms with van der Waals surface area (Å²) < 4.78 is 0. The maximum absolute atomic E-state index is 11.2. The van der Waals surface area contributed by atoms with Crippen LogP contribution in [0.4, 0.5) is 0 Å². The number of nitrogens with zero attached hydrogens (tertiary/aromatic N) is 1. The van der Waals surface area contributed by atoms with E-state index in [0.717, 1.165) is 0 Å². The molecule has 0 aromatic rings. The van der Waals surface area contributed by atoms with Crippen LogP contribution in [0.3, 0.4) is 0 Å². The number of amides is 1. The Labute approximate surface area is 71.2 Å². The van der Waals surface area contributed by atoms with Crippen LogP contribution in [0.1, 0.15) is 19.8 Å². The standard InChI is InChI=1S/C8H12N2O2/c1-6(11)4-10-7(12)8(5-9)2-3-8/h6,11H,2-4H2,1H3,(H,10,12). The summed E-state index contributed by atoms with van der Waals surface area (Å²) in [7, 11) is 0. The summed E-state index contributed by atoms with van der Waals surface area (Å²) in [5.41, 5.74) is -0.769. The second kappa shape index (κ2) is 3.11. The van der Waals surface area contributed by atoms with E-state index < -0.39 is 11.5 Å². The lowest BCUT2D eigenvalue weighted by molar-refractivity contribution is -0.124. The molecule has 4 heteroatoms. The van der Waals surface area contributed by atoms with Crippen LogP contribution < -0.4 is 5.32 Å². The van der Waals surface area contributed by atoms with E-state index in [4.69, 9.17) is 10.4 Å². The fourth-order valence-electron chi connectivity index (χ4n) is 0.924. The number of aliphatic hydroxyl groups excluding tert-OH is 1. The average molecular weight is 168 g/mol. The van der Waals surface area contributed by atoms with E-state index in [0.29, 0.717) is 12.8 Å². The Morgan fingerprint density at radius 2 is 2.42 bits per heavy atom. The monoisotopic (exact) mass is 168 g/mol. The number of aliphatic hydroxyl groups is 1. The van der Waals surface area contributed by atoms with Gasteiger partial charge < -0.3 is 10.4 Å². The van der Waals surface area contributed by atoms with Gasteiger partial charge in [-0.05, 0) is 19.8 Å². The van der Waals surface area contributed by atoms with Crippen molar-refractivity contribution in [3.63, 3.8) is 0 Å². The van der Waals surface area contributed by atoms with Gasteiger partial charge in [-0.3, -0.25) is 4.79 Å². The lowest BCUT2D eigenvalue weighted by Crippen LogP contribution is -2.35. The average Bonchev–Trinajstić information content (AvgIpc) is 2.80. The summed E-state index contributed by atoms with van der Waals surface area (Å²) in [6, 6.07) is 1.98. The first-order valence-electron chi connectivity index (χ1n) is 3.98. The number of carbonyl (C=O) groups excluding carboxylic acids is 1. The zero-order valence-corrected chi connectivity index (χ0v) is 7.00. The Balaban J connectivity index is 2.35. The van der Waals surface area contributed by atoms with Crippen LogP contribution in [0.15, 0.2) is 0 Å². The molecule has 1 atom stereocenters. The third-order valence-electron chi connectivity index (χ3n) is 1.96. The molecule has 0 aliphatic heterocycles. The van der Waals surface area contributed by atoms with Crippen LogP contribution in [0.2, 0.25) is 0 Å². The van der Waals surface area contributed by atoms with Gasteiger partial charge in [-0.1, -0.05) is 0 Å². The largest absolute Gasteiger partial charge is 0.392 e. The summed E-state index contributed by atoms with van der Waals surface area (Å²) >= 11 is 0. The van der Waals surface area contributed by atoms with Gasteiger partial charge in [0.2, 0.25) is 5.91 Å². The predicted molar refractivity (Wildman–Crippen MR) is 42.0 cm³/mol. The normalized spacial score (nSPS) is 20.8. The first kappa shape index (κ1) is 9.01. The van der Waals surface area contributed by atoms with Gasteiger partial charge in [0, 0.05) is 6.54 Å². The quantitative estimate of drug-likeness (QED) is 0.612. The molecular weight excluding hydrogens is 156 g/mol. The van der Waals surface area contributed by atoms with Crippen molar-refractivity contribution in [3.8, 4) is 6.07 Å². The SMILES string of the molecule is CC(O)CNC(=O)C1(C#N)CC1. The van der Waals surface area contributed by atoms with Crippen molar-refractivity contribution in [1.29, 1.82) is 5.26 Å². The van der Waals surface area contributed by atoms with Crippen LogP contribution in [0.5, 0.6) is 0 Å². The van der Waals surface area contributed by atoms with Crippen molar-refractivity contribution in [2.75, 3.05) is 6.54 Å². The number of rotatable bonds is 3. The second-order valence-electron chi connectivity index (χ2n) is 3.25. The minimum atomic E-state index is -0.769. The highest BCUT2D eigenvalue weighted by molar-refractivity contribution is 5.88. The highest BCUT2D eigenvalue weighted by atomic mass is 16.3. The Hall–Kier alpha value is -1.08. The molecule has 1 aliphatic rings. The summed E-state index contributed by atoms with van der Waals surface area (Å²) in [4.78, 5) is 11.2. The Morgan fingerprint density at radius 1 is 1.83 bits per heavy atom. The minimum Gasteiger partial charge on any atom is -0.392 e. The van der Waals surface area contributed by atoms with E-state index in [9.17, 15) is 4.79 Å². The topological polar surface area (TPSA) is 73.1 Å². The highest BCUT2D eigenvalue weighted by Crippen LogP contribution is 2.44. The molecule has 1 amide bonds. The number of carbonyl (C=O) groups is 1. The summed E-state index contributed by atoms with van der Waals surface area (Å²) in [6.45, 7) is 1.81. The summed E-state index contributed by atoms with van der Waals surface area (Å²) in [5.74, 6) is -0.245. The Bertz CT molecular complexity index is 226. The molecule has 1 fully saturated rings. The summed E-state index contributed by atoms with van der Waals surface area (Å²) in [5, 5.41) is 20.0. The van der Waals surface area contributed by atoms with Crippen molar-refractivity contribution in [2.24, 2.45) is 5.41 Å². The third-order valence-corrected chi connectivity index (χ3v) is 1.96. The molecule has 0 bridgehead atoms. The van der Waals surface area contributed by atoms with E-state index in [1.54, 1.807) is 6.92 Å². The molecule has 1 rings (SSSR count). The molecule has 66 valence electrons. The molecule has 0 aromatic heterocycles. The first-order chi connectivity index (χ1) is 5.60. The molecule has 12 heavy (non-hydrogen) atoms. The van der Waals surface area contributed by atoms with Gasteiger partial charge in [0.15, 0.2) is 0 Å². The van der Waals surface area contributed by atoms with Crippen molar-refractivity contribution in [1.82, 2.24) is 5.32 Å². The number of hydrogen-bond acceptors (Lipinski definition) is 3. The van der Waals surface area contributed by atoms with E-state index in [1.807, 2.05) is 6.07 Å². The van der Waals surface area contributed by atoms with Gasteiger partial charge >= 0.3 is 0 Å². The van der Waals surface area contributed by atoms with Gasteiger partial charge in [-0.25, -0.2) is 0 Å². The van der Waals surface area contributed by atoms with Gasteiger partial charge in [0.05, 0.1) is 12.2 Å². The third kappa shape index (κ3) is 1.74. The first-order valence-corrected chi connectivity index (χ1v) is 3.98. The van der Waals surface area contributed by atoms with Crippen LogP contribution in [-0.2, 0) is 4.79 Å². The van der Waals surface area contributed by atoms with Gasteiger partial charge in [-0.2, -0.15) is 5.26 Å². The lowest BCUT2D eigenvalue weighted by Gasteiger charge is -2.08. The smallest absolute Gasteiger partial charge is 0.240 e. The molecule has 0 heterocycles. The zero-order valence-electron chi connectivity index (χ0n) is 7.00. The molecule has 0 spiro atoms. The van der Waals surface area contributed by atoms with Gasteiger partial charge in [0.1, 0.15) is 5.41 Å². The van der Waals surface area contributed by atoms with Crippen LogP contribution in [-0.4, -0.2) is 23.7 Å². The molecular formula is C8H12N2O2. The molecule has 2 N–H and O–H groups in total. The van der Waals surface area contributed by atoms with E-state index in [1.165, 1.54) is 0 Å². The van der Waals surface area contributed by atoms with E-state index >= 15 is 0 Å². The molecule has 1 unspecified atom stereocenters. The van der Waals surface area contributed by atoms with Gasteiger partial charge in [-0.15, -0.1) is 0 Å². The van der Waals surface area contributed by atoms with E-state index in [2.05, 4.69) is 5.32 Å². The fourth-order valence-corrected chi connectivity index (χ4v) is 0.924. The predicted octanol–water partition coefficient (Wildman–Crippen LogP) is -0.213. The molecule has 0 radical (unpaired) electrons. The van der Waals surface area contributed by atoms with Crippen LogP contribution >= 0.6 is 0 Å². The van der Waals surface area contributed by atoms with Crippen LogP contribution in [0, 0.1) is 16.7 Å². The summed E-state index contributed by atoms with van der Waals surface area (Å²) in [6.07, 6.45) is 0.744. The zero-order chi connectivity index (χ0) is 9.19. The molecule has 1 aliphatic carbocycles.